The van der Waals surface area contributed by atoms with Crippen molar-refractivity contribution in [3.63, 3.8) is 0 Å². The van der Waals surface area contributed by atoms with E-state index in [4.69, 9.17) is 0 Å². The van der Waals surface area contributed by atoms with Crippen LogP contribution in [0.3, 0.4) is 0 Å². The van der Waals surface area contributed by atoms with Gasteiger partial charge in [-0.1, -0.05) is 240 Å². The van der Waals surface area contributed by atoms with Gasteiger partial charge in [-0.3, -0.25) is 0 Å². The molecule has 1 aliphatic rings. The van der Waals surface area contributed by atoms with E-state index in [0.29, 0.717) is 0 Å². The third-order valence-electron chi connectivity index (χ3n) is 14.9. The minimum atomic E-state index is -0.497. The van der Waals surface area contributed by atoms with E-state index in [0.717, 1.165) is 17.1 Å². The Hall–Kier alpha value is -8.30. The number of hydrogen-bond acceptors (Lipinski definition) is 2. The normalized spacial score (nSPS) is 12.8. The van der Waals surface area contributed by atoms with E-state index in [1.54, 1.807) is 0 Å². The summed E-state index contributed by atoms with van der Waals surface area (Å²) < 4.78 is 1.28. The highest BCUT2D eigenvalue weighted by Gasteiger charge is 2.46. The van der Waals surface area contributed by atoms with E-state index >= 15 is 0 Å². The van der Waals surface area contributed by atoms with Crippen LogP contribution < -0.4 is 4.90 Å². The zero-order chi connectivity index (χ0) is 49.0. The summed E-state index contributed by atoms with van der Waals surface area (Å²) in [5, 5.41) is 3.69. The molecule has 1 aliphatic carbocycles. The van der Waals surface area contributed by atoms with Crippen LogP contribution in [0.1, 0.15) is 59.0 Å². The molecule has 0 unspecified atom stereocenters. The molecule has 0 saturated heterocycles. The summed E-state index contributed by atoms with van der Waals surface area (Å²) in [5.74, 6) is 0. The quantitative estimate of drug-likeness (QED) is 0.124. The van der Waals surface area contributed by atoms with Crippen molar-refractivity contribution < 1.29 is 0 Å². The van der Waals surface area contributed by atoms with Gasteiger partial charge in [0.15, 0.2) is 0 Å². The molecule has 0 radical (unpaired) electrons. The van der Waals surface area contributed by atoms with Gasteiger partial charge >= 0.3 is 0 Å². The highest BCUT2D eigenvalue weighted by Crippen LogP contribution is 2.58. The summed E-state index contributed by atoms with van der Waals surface area (Å²) >= 11 is 1.86. The maximum absolute atomic E-state index is 3.98. The third-order valence-corrected chi connectivity index (χ3v) is 16.2. The predicted molar refractivity (Wildman–Crippen MR) is 310 cm³/mol. The van der Waals surface area contributed by atoms with Gasteiger partial charge < -0.3 is 4.90 Å². The Bertz CT molecular complexity index is 3790. The summed E-state index contributed by atoms with van der Waals surface area (Å²) in [7, 11) is 0. The van der Waals surface area contributed by atoms with Gasteiger partial charge in [0.25, 0.3) is 0 Å². The summed E-state index contributed by atoms with van der Waals surface area (Å²) in [5.41, 5.74) is 20.4. The van der Waals surface area contributed by atoms with Crippen molar-refractivity contribution in [2.75, 3.05) is 4.90 Å². The molecule has 1 nitrogen and oxygen atoms in total. The molecule has 0 bridgehead atoms. The molecule has 0 aliphatic heterocycles. The number of aryl methyl sites for hydroxylation is 1. The van der Waals surface area contributed by atoms with Crippen molar-refractivity contribution in [2.24, 2.45) is 0 Å². The molecular formula is C70H55NS. The Morgan fingerprint density at radius 2 is 1.03 bits per heavy atom. The van der Waals surface area contributed by atoms with Crippen molar-refractivity contribution in [3.8, 4) is 44.5 Å². The number of benzene rings is 10. The summed E-state index contributed by atoms with van der Waals surface area (Å²) in [4.78, 5) is 3.75. The second-order valence-corrected chi connectivity index (χ2v) is 21.1. The Kier molecular flexibility index (Phi) is 11.3. The van der Waals surface area contributed by atoms with Gasteiger partial charge in [-0.2, -0.15) is 0 Å². The lowest BCUT2D eigenvalue weighted by atomic mass is 9.68. The van der Waals surface area contributed by atoms with Gasteiger partial charge in [-0.25, -0.2) is 0 Å². The number of allylic oxidation sites excluding steroid dienone is 2. The second-order valence-electron chi connectivity index (χ2n) is 20.1. The van der Waals surface area contributed by atoms with Crippen LogP contribution in [0.4, 0.5) is 17.1 Å². The monoisotopic (exact) mass is 941 g/mol. The number of rotatable bonds is 10. The van der Waals surface area contributed by atoms with E-state index in [2.05, 4.69) is 276 Å². The van der Waals surface area contributed by atoms with Crippen LogP contribution in [-0.2, 0) is 10.8 Å². The summed E-state index contributed by atoms with van der Waals surface area (Å²) in [6, 6.07) is 86.0. The summed E-state index contributed by atoms with van der Waals surface area (Å²) in [6.07, 6.45) is 6.10. The Balaban J connectivity index is 1.06. The van der Waals surface area contributed by atoms with Crippen LogP contribution >= 0.6 is 11.3 Å². The molecule has 72 heavy (non-hydrogen) atoms. The van der Waals surface area contributed by atoms with Crippen LogP contribution in [0.2, 0.25) is 0 Å². The first-order valence-corrected chi connectivity index (χ1v) is 25.8. The number of nitrogens with zero attached hydrogens (tertiary/aromatic N) is 1. The molecule has 10 aromatic carbocycles. The average Bonchev–Trinajstić information content (AvgIpc) is 3.92. The molecule has 0 spiro atoms. The maximum Gasteiger partial charge on any atom is 0.0713 e. The largest absolute Gasteiger partial charge is 0.310 e. The highest BCUT2D eigenvalue weighted by molar-refractivity contribution is 7.20. The second kappa shape index (κ2) is 18.1. The van der Waals surface area contributed by atoms with E-state index < -0.39 is 5.41 Å². The molecule has 0 fully saturated rings. The van der Waals surface area contributed by atoms with Crippen molar-refractivity contribution in [3.05, 3.63) is 288 Å². The molecule has 0 atom stereocenters. The van der Waals surface area contributed by atoms with Gasteiger partial charge in [0.05, 0.1) is 11.1 Å². The lowest BCUT2D eigenvalue weighted by Gasteiger charge is -2.34. The van der Waals surface area contributed by atoms with Crippen molar-refractivity contribution in [1.82, 2.24) is 0 Å². The van der Waals surface area contributed by atoms with Crippen LogP contribution in [0.25, 0.3) is 71.4 Å². The molecule has 2 heteroatoms. The van der Waals surface area contributed by atoms with Crippen molar-refractivity contribution in [2.45, 2.75) is 38.5 Å². The highest BCUT2D eigenvalue weighted by atomic mass is 32.1. The van der Waals surface area contributed by atoms with Gasteiger partial charge in [0, 0.05) is 32.1 Å². The first-order valence-electron chi connectivity index (χ1n) is 25.0. The van der Waals surface area contributed by atoms with Crippen LogP contribution in [0.15, 0.2) is 249 Å². The van der Waals surface area contributed by atoms with E-state index in [1.165, 1.54) is 104 Å². The molecule has 1 heterocycles. The minimum absolute atomic E-state index is 0.118. The fraction of sp³-hybridized carbons (Fsp3) is 0.0857. The lowest BCUT2D eigenvalue weighted by Crippen LogP contribution is -2.28. The Morgan fingerprint density at radius 3 is 1.68 bits per heavy atom. The summed E-state index contributed by atoms with van der Waals surface area (Å²) in [6.45, 7) is 13.0. The number of hydrogen-bond donors (Lipinski definition) is 0. The van der Waals surface area contributed by atoms with Crippen LogP contribution in [0, 0.1) is 6.92 Å². The topological polar surface area (TPSA) is 3.24 Å². The fourth-order valence-electron chi connectivity index (χ4n) is 11.3. The standard InChI is InChI=1S/C70H55NS/c1-6-7-29-66-47(2)58-26-18-27-61(68(58)72-66)67-59-24-15-14-19-52(59)38-45-65(67)71(56-41-36-51(37-42-56)49-32-30-48(31-33-49)50-34-39-53(40-35-50)69(3,4)5)57-43-44-64-62(46-57)60-25-16-17-28-63(60)70(64,54-20-10-8-11-21-54)55-22-12-9-13-23-55/h6-46H,1H2,2-5H3/b29-7-. The van der Waals surface area contributed by atoms with Crippen molar-refractivity contribution >= 4 is 55.3 Å². The van der Waals surface area contributed by atoms with Gasteiger partial charge in [-0.05, 0) is 132 Å². The number of anilines is 3. The fourth-order valence-corrected chi connectivity index (χ4v) is 12.6. The van der Waals surface area contributed by atoms with E-state index in [1.807, 2.05) is 23.5 Å². The zero-order valence-electron chi connectivity index (χ0n) is 41.2. The Labute approximate surface area is 428 Å². The van der Waals surface area contributed by atoms with Crippen LogP contribution in [0.5, 0.6) is 0 Å². The molecule has 0 saturated carbocycles. The Morgan fingerprint density at radius 1 is 0.486 bits per heavy atom. The average molecular weight is 942 g/mol. The molecule has 346 valence electrons. The van der Waals surface area contributed by atoms with Crippen molar-refractivity contribution in [1.29, 1.82) is 0 Å². The molecule has 12 rings (SSSR count). The predicted octanol–water partition coefficient (Wildman–Crippen LogP) is 19.7. The maximum atomic E-state index is 3.98. The zero-order valence-corrected chi connectivity index (χ0v) is 42.1. The van der Waals surface area contributed by atoms with Gasteiger partial charge in [-0.15, -0.1) is 11.3 Å². The van der Waals surface area contributed by atoms with Crippen LogP contribution in [-0.4, -0.2) is 0 Å². The molecular weight excluding hydrogens is 887 g/mol. The first kappa shape index (κ1) is 44.9. The van der Waals surface area contributed by atoms with Gasteiger partial charge in [0.1, 0.15) is 0 Å². The number of fused-ring (bicyclic) bond motifs is 5. The van der Waals surface area contributed by atoms with Gasteiger partial charge in [0.2, 0.25) is 0 Å². The SMILES string of the molecule is C=C/C=C\c1sc2c(-c3c(N(c4ccc(-c5ccc(-c6ccc(C(C)(C)C)cc6)cc5)cc4)c4ccc5c(c4)-c4ccccc4C5(c4ccccc4)c4ccccc4)ccc4ccccc34)cccc2c1C. The first-order chi connectivity index (χ1) is 35.2. The molecule has 11 aromatic rings. The smallest absolute Gasteiger partial charge is 0.0713 e. The lowest BCUT2D eigenvalue weighted by molar-refractivity contribution is 0.590. The number of thiophene rings is 1. The molecule has 1 aromatic heterocycles. The third kappa shape index (κ3) is 7.53. The molecule has 0 N–H and O–H groups in total. The van der Waals surface area contributed by atoms with E-state index in [-0.39, 0.29) is 5.41 Å². The van der Waals surface area contributed by atoms with E-state index in [9.17, 15) is 0 Å². The molecule has 0 amide bonds. The minimum Gasteiger partial charge on any atom is -0.310 e.